The lowest BCUT2D eigenvalue weighted by Crippen LogP contribution is -2.41. The Morgan fingerprint density at radius 2 is 1.71 bits per heavy atom. The van der Waals surface area contributed by atoms with Gasteiger partial charge >= 0.3 is 6.36 Å². The van der Waals surface area contributed by atoms with Crippen LogP contribution in [0.3, 0.4) is 0 Å². The number of hydrogen-bond acceptors (Lipinski definition) is 5. The molecule has 0 saturated carbocycles. The molecule has 0 radical (unpaired) electrons. The smallest absolute Gasteiger partial charge is 0.493 e. The van der Waals surface area contributed by atoms with Crippen LogP contribution in [0, 0.1) is 0 Å². The van der Waals surface area contributed by atoms with E-state index in [4.69, 9.17) is 9.47 Å². The summed E-state index contributed by atoms with van der Waals surface area (Å²) < 4.78 is 52.6. The highest BCUT2D eigenvalue weighted by atomic mass is 19.4. The summed E-state index contributed by atoms with van der Waals surface area (Å²) in [7, 11) is 4.83. The fraction of sp³-hybridized carbons (Fsp3) is 0.409. The third kappa shape index (κ3) is 5.81. The molecule has 2 aromatic carbocycles. The predicted octanol–water partition coefficient (Wildman–Crippen LogP) is 3.62. The van der Waals surface area contributed by atoms with E-state index in [0.29, 0.717) is 36.6 Å². The van der Waals surface area contributed by atoms with Crippen molar-refractivity contribution in [3.63, 3.8) is 0 Å². The number of carbonyl (C=O) groups excluding carboxylic acids is 1. The minimum absolute atomic E-state index is 0.0724. The van der Waals surface area contributed by atoms with Crippen LogP contribution in [0.2, 0.25) is 0 Å². The first kappa shape index (κ1) is 22.7. The highest BCUT2D eigenvalue weighted by molar-refractivity contribution is 5.78. The molecule has 0 bridgehead atoms. The molecule has 6 nitrogen and oxygen atoms in total. The Hall–Kier alpha value is -2.94. The molecule has 0 unspecified atom stereocenters. The molecule has 168 valence electrons. The lowest BCUT2D eigenvalue weighted by molar-refractivity contribution is -0.275. The number of nitrogens with zero attached hydrogens (tertiary/aromatic N) is 2. The van der Waals surface area contributed by atoms with Crippen molar-refractivity contribution in [2.75, 3.05) is 34.4 Å². The van der Waals surface area contributed by atoms with Crippen LogP contribution in [0.15, 0.2) is 36.4 Å². The van der Waals surface area contributed by atoms with Crippen LogP contribution >= 0.6 is 0 Å². The molecule has 0 N–H and O–H groups in total. The Labute approximate surface area is 179 Å². The standard InChI is InChI=1S/C22H25F3N2O4/c1-26(12-16-6-4-5-7-18(16)31-22(23,24)25)14-21(28)27-9-8-15-10-19(29-2)20(30-3)11-17(15)13-27/h4-7,10-11H,8-9,12-14H2,1-3H3. The molecule has 0 aromatic heterocycles. The van der Waals surface area contributed by atoms with Gasteiger partial charge in [0.1, 0.15) is 5.75 Å². The van der Waals surface area contributed by atoms with Gasteiger partial charge in [0.05, 0.1) is 20.8 Å². The maximum atomic E-state index is 12.8. The van der Waals surface area contributed by atoms with Crippen molar-refractivity contribution in [3.05, 3.63) is 53.1 Å². The van der Waals surface area contributed by atoms with Crippen LogP contribution < -0.4 is 14.2 Å². The molecule has 0 saturated heterocycles. The average molecular weight is 438 g/mol. The second kappa shape index (κ2) is 9.47. The third-order valence-electron chi connectivity index (χ3n) is 5.11. The lowest BCUT2D eigenvalue weighted by atomic mass is 9.98. The van der Waals surface area contributed by atoms with E-state index in [1.165, 1.54) is 12.1 Å². The first-order valence-corrected chi connectivity index (χ1v) is 9.74. The second-order valence-corrected chi connectivity index (χ2v) is 7.37. The first-order valence-electron chi connectivity index (χ1n) is 9.74. The van der Waals surface area contributed by atoms with Crippen molar-refractivity contribution < 1.29 is 32.2 Å². The van der Waals surface area contributed by atoms with Crippen LogP contribution in [0.5, 0.6) is 17.2 Å². The molecule has 0 aliphatic carbocycles. The van der Waals surface area contributed by atoms with Gasteiger partial charge in [-0.1, -0.05) is 18.2 Å². The number of alkyl halides is 3. The number of amides is 1. The van der Waals surface area contributed by atoms with Gasteiger partial charge < -0.3 is 19.1 Å². The predicted molar refractivity (Wildman–Crippen MR) is 108 cm³/mol. The van der Waals surface area contributed by atoms with E-state index in [2.05, 4.69) is 4.74 Å². The van der Waals surface area contributed by atoms with E-state index < -0.39 is 6.36 Å². The fourth-order valence-corrected chi connectivity index (χ4v) is 3.63. The monoisotopic (exact) mass is 438 g/mol. The molecule has 1 aliphatic heterocycles. The van der Waals surface area contributed by atoms with E-state index in [9.17, 15) is 18.0 Å². The van der Waals surface area contributed by atoms with Crippen LogP contribution in [-0.4, -0.2) is 56.4 Å². The topological polar surface area (TPSA) is 51.2 Å². The summed E-state index contributed by atoms with van der Waals surface area (Å²) in [6.45, 7) is 1.22. The van der Waals surface area contributed by atoms with E-state index in [1.807, 2.05) is 12.1 Å². The summed E-state index contributed by atoms with van der Waals surface area (Å²) in [5, 5.41) is 0. The van der Waals surface area contributed by atoms with Crippen LogP contribution in [0.1, 0.15) is 16.7 Å². The van der Waals surface area contributed by atoms with E-state index in [0.717, 1.165) is 11.1 Å². The van der Waals surface area contributed by atoms with Gasteiger partial charge in [-0.2, -0.15) is 0 Å². The molecular formula is C22H25F3N2O4. The Kier molecular flexibility index (Phi) is 6.94. The number of ether oxygens (including phenoxy) is 3. The molecule has 0 spiro atoms. The zero-order valence-electron chi connectivity index (χ0n) is 17.7. The summed E-state index contributed by atoms with van der Waals surface area (Å²) in [4.78, 5) is 16.2. The van der Waals surface area contributed by atoms with Gasteiger partial charge in [0.25, 0.3) is 0 Å². The third-order valence-corrected chi connectivity index (χ3v) is 5.11. The van der Waals surface area contributed by atoms with Crippen molar-refractivity contribution >= 4 is 5.91 Å². The van der Waals surface area contributed by atoms with Gasteiger partial charge in [-0.05, 0) is 42.8 Å². The quantitative estimate of drug-likeness (QED) is 0.661. The molecule has 9 heteroatoms. The number of para-hydroxylation sites is 1. The fourth-order valence-electron chi connectivity index (χ4n) is 3.63. The molecule has 1 amide bonds. The maximum Gasteiger partial charge on any atom is 0.573 e. The lowest BCUT2D eigenvalue weighted by Gasteiger charge is -2.31. The summed E-state index contributed by atoms with van der Waals surface area (Å²) in [5.41, 5.74) is 2.45. The minimum Gasteiger partial charge on any atom is -0.493 e. The van der Waals surface area contributed by atoms with Gasteiger partial charge in [0.2, 0.25) is 5.91 Å². The van der Waals surface area contributed by atoms with Crippen LogP contribution in [0.25, 0.3) is 0 Å². The Balaban J connectivity index is 1.64. The molecule has 31 heavy (non-hydrogen) atoms. The SMILES string of the molecule is COc1cc2c(cc1OC)CN(C(=O)CN(C)Cc1ccccc1OC(F)(F)F)CC2. The number of likely N-dealkylation sites (N-methyl/N-ethyl adjacent to an activating group) is 1. The first-order chi connectivity index (χ1) is 14.7. The minimum atomic E-state index is -4.77. The largest absolute Gasteiger partial charge is 0.573 e. The number of carbonyl (C=O) groups is 1. The van der Waals surface area contributed by atoms with Gasteiger partial charge in [-0.25, -0.2) is 0 Å². The summed E-state index contributed by atoms with van der Waals surface area (Å²) >= 11 is 0. The second-order valence-electron chi connectivity index (χ2n) is 7.37. The number of hydrogen-bond donors (Lipinski definition) is 0. The Morgan fingerprint density at radius 1 is 1.06 bits per heavy atom. The average Bonchev–Trinajstić information content (AvgIpc) is 2.72. The van der Waals surface area contributed by atoms with Crippen molar-refractivity contribution in [3.8, 4) is 17.2 Å². The zero-order chi connectivity index (χ0) is 22.6. The van der Waals surface area contributed by atoms with Crippen LogP contribution in [0.4, 0.5) is 13.2 Å². The van der Waals surface area contributed by atoms with Gasteiger partial charge in [-0.3, -0.25) is 9.69 Å². The molecular weight excluding hydrogens is 413 g/mol. The van der Waals surface area contributed by atoms with Gasteiger partial charge in [-0.15, -0.1) is 13.2 Å². The van der Waals surface area contributed by atoms with Crippen molar-refractivity contribution in [1.29, 1.82) is 0 Å². The summed E-state index contributed by atoms with van der Waals surface area (Å²) in [5.74, 6) is 0.897. The highest BCUT2D eigenvalue weighted by Crippen LogP contribution is 2.33. The highest BCUT2D eigenvalue weighted by Gasteiger charge is 2.32. The van der Waals surface area contributed by atoms with E-state index >= 15 is 0 Å². The normalized spacial score (nSPS) is 13.7. The van der Waals surface area contributed by atoms with Gasteiger partial charge in [0, 0.05) is 25.2 Å². The molecule has 2 aromatic rings. The summed E-state index contributed by atoms with van der Waals surface area (Å²) in [6, 6.07) is 9.74. The molecule has 1 heterocycles. The molecule has 0 atom stereocenters. The number of rotatable bonds is 7. The maximum absolute atomic E-state index is 12.8. The van der Waals surface area contributed by atoms with Crippen molar-refractivity contribution in [2.45, 2.75) is 25.9 Å². The number of methoxy groups -OCH3 is 2. The van der Waals surface area contributed by atoms with E-state index in [1.54, 1.807) is 43.2 Å². The Morgan fingerprint density at radius 3 is 2.35 bits per heavy atom. The summed E-state index contributed by atoms with van der Waals surface area (Å²) in [6.07, 6.45) is -4.08. The zero-order valence-corrected chi connectivity index (χ0v) is 17.7. The molecule has 3 rings (SSSR count). The van der Waals surface area contributed by atoms with Crippen molar-refractivity contribution in [2.24, 2.45) is 0 Å². The number of halogens is 3. The number of fused-ring (bicyclic) bond motifs is 1. The van der Waals surface area contributed by atoms with Crippen molar-refractivity contribution in [1.82, 2.24) is 9.80 Å². The van der Waals surface area contributed by atoms with Gasteiger partial charge in [0.15, 0.2) is 11.5 Å². The Bertz CT molecular complexity index is 933. The number of benzene rings is 2. The molecule has 1 aliphatic rings. The van der Waals surface area contributed by atoms with Crippen LogP contribution in [-0.2, 0) is 24.3 Å². The van der Waals surface area contributed by atoms with E-state index in [-0.39, 0.29) is 24.7 Å². The molecule has 0 fully saturated rings.